The molecule has 1 N–H and O–H groups in total. The van der Waals surface area contributed by atoms with Crippen molar-refractivity contribution in [1.29, 1.82) is 0 Å². The van der Waals surface area contributed by atoms with Crippen LogP contribution in [-0.2, 0) is 4.74 Å². The molecule has 1 atom stereocenters. The molecule has 1 heterocycles. The monoisotopic (exact) mass is 222 g/mol. The van der Waals surface area contributed by atoms with Crippen LogP contribution in [0.3, 0.4) is 0 Å². The molecule has 90 valence electrons. The number of hydrogen-bond donors (Lipinski definition) is 1. The summed E-state index contributed by atoms with van der Waals surface area (Å²) < 4.78 is 5.48. The van der Waals surface area contributed by atoms with Gasteiger partial charge in [-0.15, -0.1) is 0 Å². The van der Waals surface area contributed by atoms with Crippen molar-refractivity contribution in [3.8, 4) is 0 Å². The zero-order chi connectivity index (χ0) is 11.8. The van der Waals surface area contributed by atoms with Crippen LogP contribution in [0.25, 0.3) is 0 Å². The van der Waals surface area contributed by atoms with Gasteiger partial charge in [0.15, 0.2) is 0 Å². The maximum absolute atomic E-state index is 5.48. The Labute approximate surface area is 98.2 Å². The molecule has 0 aliphatic carbocycles. The van der Waals surface area contributed by atoms with Crippen molar-refractivity contribution in [2.75, 3.05) is 19.8 Å². The highest BCUT2D eigenvalue weighted by Gasteiger charge is 2.11. The summed E-state index contributed by atoms with van der Waals surface area (Å²) in [6, 6.07) is 4.34. The van der Waals surface area contributed by atoms with Crippen molar-refractivity contribution >= 4 is 0 Å². The van der Waals surface area contributed by atoms with E-state index in [1.54, 1.807) is 0 Å². The molecule has 0 radical (unpaired) electrons. The van der Waals surface area contributed by atoms with Gasteiger partial charge in [0.1, 0.15) is 0 Å². The summed E-state index contributed by atoms with van der Waals surface area (Å²) in [6.45, 7) is 8.69. The Morgan fingerprint density at radius 2 is 2.25 bits per heavy atom. The predicted octanol–water partition coefficient (Wildman–Crippen LogP) is 2.47. The van der Waals surface area contributed by atoms with Crippen LogP contribution < -0.4 is 5.32 Å². The number of ether oxygens (including phenoxy) is 1. The Kier molecular flexibility index (Phi) is 6.04. The van der Waals surface area contributed by atoms with E-state index in [1.807, 2.05) is 19.2 Å². The summed E-state index contributed by atoms with van der Waals surface area (Å²) in [6.07, 6.45) is 2.98. The predicted molar refractivity (Wildman–Crippen MR) is 66.5 cm³/mol. The summed E-state index contributed by atoms with van der Waals surface area (Å²) >= 11 is 0. The molecular weight excluding hydrogens is 200 g/mol. The average molecular weight is 222 g/mol. The fourth-order valence-electron chi connectivity index (χ4n) is 1.55. The lowest BCUT2D eigenvalue weighted by Crippen LogP contribution is -2.27. The van der Waals surface area contributed by atoms with E-state index in [9.17, 15) is 0 Å². The highest BCUT2D eigenvalue weighted by atomic mass is 16.5. The van der Waals surface area contributed by atoms with Gasteiger partial charge in [0, 0.05) is 12.8 Å². The standard InChI is InChI=1S/C13H22N2O/c1-4-7-14-13(10-16-5-2)12-9-11(3)6-8-15-12/h6,8-9,13-14H,4-5,7,10H2,1-3H3. The number of rotatable bonds is 7. The molecule has 0 saturated carbocycles. The second-order valence-electron chi connectivity index (χ2n) is 3.92. The fraction of sp³-hybridized carbons (Fsp3) is 0.615. The third-order valence-corrected chi connectivity index (χ3v) is 2.42. The van der Waals surface area contributed by atoms with Gasteiger partial charge >= 0.3 is 0 Å². The van der Waals surface area contributed by atoms with E-state index in [4.69, 9.17) is 4.74 Å². The van der Waals surface area contributed by atoms with E-state index in [-0.39, 0.29) is 6.04 Å². The summed E-state index contributed by atoms with van der Waals surface area (Å²) in [7, 11) is 0. The van der Waals surface area contributed by atoms with E-state index >= 15 is 0 Å². The van der Waals surface area contributed by atoms with Crippen LogP contribution in [0.2, 0.25) is 0 Å². The second-order valence-corrected chi connectivity index (χ2v) is 3.92. The number of hydrogen-bond acceptors (Lipinski definition) is 3. The average Bonchev–Trinajstić information content (AvgIpc) is 2.29. The van der Waals surface area contributed by atoms with Gasteiger partial charge in [-0.3, -0.25) is 4.98 Å². The summed E-state index contributed by atoms with van der Waals surface area (Å²) in [5, 5.41) is 3.46. The first-order valence-electron chi connectivity index (χ1n) is 6.01. The highest BCUT2D eigenvalue weighted by Crippen LogP contribution is 2.12. The maximum atomic E-state index is 5.48. The van der Waals surface area contributed by atoms with E-state index < -0.39 is 0 Å². The van der Waals surface area contributed by atoms with E-state index in [0.29, 0.717) is 6.61 Å². The first-order valence-corrected chi connectivity index (χ1v) is 6.01. The lowest BCUT2D eigenvalue weighted by molar-refractivity contribution is 0.122. The van der Waals surface area contributed by atoms with Gasteiger partial charge in [-0.2, -0.15) is 0 Å². The Bertz CT molecular complexity index is 294. The summed E-state index contributed by atoms with van der Waals surface area (Å²) in [5.41, 5.74) is 2.31. The minimum Gasteiger partial charge on any atom is -0.380 e. The molecule has 0 spiro atoms. The van der Waals surface area contributed by atoms with Gasteiger partial charge in [0.25, 0.3) is 0 Å². The number of nitrogens with one attached hydrogen (secondary N) is 1. The quantitative estimate of drug-likeness (QED) is 0.769. The van der Waals surface area contributed by atoms with Crippen LogP contribution >= 0.6 is 0 Å². The molecule has 3 nitrogen and oxygen atoms in total. The zero-order valence-electron chi connectivity index (χ0n) is 10.5. The van der Waals surface area contributed by atoms with Crippen LogP contribution in [0.5, 0.6) is 0 Å². The Hall–Kier alpha value is -0.930. The first kappa shape index (κ1) is 13.1. The smallest absolute Gasteiger partial charge is 0.0732 e. The molecule has 1 rings (SSSR count). The van der Waals surface area contributed by atoms with Gasteiger partial charge in [-0.05, 0) is 44.5 Å². The van der Waals surface area contributed by atoms with E-state index in [1.165, 1.54) is 5.56 Å². The van der Waals surface area contributed by atoms with Crippen LogP contribution in [0.15, 0.2) is 18.3 Å². The van der Waals surface area contributed by atoms with Gasteiger partial charge in [0.2, 0.25) is 0 Å². The highest BCUT2D eigenvalue weighted by molar-refractivity contribution is 5.17. The Morgan fingerprint density at radius 3 is 2.88 bits per heavy atom. The van der Waals surface area contributed by atoms with Crippen molar-refractivity contribution in [3.05, 3.63) is 29.6 Å². The zero-order valence-corrected chi connectivity index (χ0v) is 10.5. The second kappa shape index (κ2) is 7.36. The largest absolute Gasteiger partial charge is 0.380 e. The minimum atomic E-state index is 0.208. The number of nitrogens with zero attached hydrogens (tertiary/aromatic N) is 1. The van der Waals surface area contributed by atoms with E-state index in [0.717, 1.165) is 25.3 Å². The molecule has 0 aromatic carbocycles. The van der Waals surface area contributed by atoms with Crippen molar-refractivity contribution in [3.63, 3.8) is 0 Å². The third kappa shape index (κ3) is 4.29. The van der Waals surface area contributed by atoms with Gasteiger partial charge in [0.05, 0.1) is 18.3 Å². The van der Waals surface area contributed by atoms with Crippen molar-refractivity contribution in [1.82, 2.24) is 10.3 Å². The first-order chi connectivity index (χ1) is 7.77. The lowest BCUT2D eigenvalue weighted by atomic mass is 10.1. The molecule has 0 amide bonds. The van der Waals surface area contributed by atoms with Gasteiger partial charge in [-0.25, -0.2) is 0 Å². The van der Waals surface area contributed by atoms with Crippen molar-refractivity contribution in [2.45, 2.75) is 33.2 Å². The third-order valence-electron chi connectivity index (χ3n) is 2.42. The fourth-order valence-corrected chi connectivity index (χ4v) is 1.55. The molecular formula is C13H22N2O. The molecule has 0 saturated heterocycles. The Morgan fingerprint density at radius 1 is 1.44 bits per heavy atom. The number of aromatic nitrogens is 1. The molecule has 1 aromatic heterocycles. The van der Waals surface area contributed by atoms with E-state index in [2.05, 4.69) is 30.2 Å². The van der Waals surface area contributed by atoms with Crippen molar-refractivity contribution < 1.29 is 4.74 Å². The van der Waals surface area contributed by atoms with Gasteiger partial charge < -0.3 is 10.1 Å². The Balaban J connectivity index is 2.66. The maximum Gasteiger partial charge on any atom is 0.0732 e. The van der Waals surface area contributed by atoms with Crippen LogP contribution in [0, 0.1) is 6.92 Å². The normalized spacial score (nSPS) is 12.7. The molecule has 0 aliphatic rings. The molecule has 0 bridgehead atoms. The van der Waals surface area contributed by atoms with Crippen molar-refractivity contribution in [2.24, 2.45) is 0 Å². The minimum absolute atomic E-state index is 0.208. The summed E-state index contributed by atoms with van der Waals surface area (Å²) in [4.78, 5) is 4.40. The SMILES string of the molecule is CCCNC(COCC)c1cc(C)ccn1. The molecule has 0 fully saturated rings. The molecule has 16 heavy (non-hydrogen) atoms. The molecule has 1 unspecified atom stereocenters. The number of aryl methyl sites for hydroxylation is 1. The topological polar surface area (TPSA) is 34.1 Å². The molecule has 0 aliphatic heterocycles. The molecule has 3 heteroatoms. The number of pyridine rings is 1. The summed E-state index contributed by atoms with van der Waals surface area (Å²) in [5.74, 6) is 0. The molecule has 1 aromatic rings. The lowest BCUT2D eigenvalue weighted by Gasteiger charge is -2.18. The van der Waals surface area contributed by atoms with Gasteiger partial charge in [-0.1, -0.05) is 6.92 Å². The van der Waals surface area contributed by atoms with Crippen LogP contribution in [0.4, 0.5) is 0 Å². The van der Waals surface area contributed by atoms with Crippen LogP contribution in [-0.4, -0.2) is 24.7 Å². The van der Waals surface area contributed by atoms with Crippen LogP contribution in [0.1, 0.15) is 37.6 Å².